The molecule has 0 fully saturated rings. The van der Waals surface area contributed by atoms with Crippen LogP contribution in [0, 0.1) is 6.92 Å². The van der Waals surface area contributed by atoms with Crippen molar-refractivity contribution in [3.05, 3.63) is 16.5 Å². The van der Waals surface area contributed by atoms with E-state index in [0.717, 1.165) is 5.56 Å². The fourth-order valence-electron chi connectivity index (χ4n) is 1.88. The molecule has 0 aliphatic carbocycles. The summed E-state index contributed by atoms with van der Waals surface area (Å²) in [4.78, 5) is 8.58. The van der Waals surface area contributed by atoms with Crippen molar-refractivity contribution in [2.45, 2.75) is 33.6 Å². The van der Waals surface area contributed by atoms with Crippen molar-refractivity contribution >= 4 is 27.4 Å². The Morgan fingerprint density at radius 3 is 2.48 bits per heavy atom. The molecule has 6 nitrogen and oxygen atoms in total. The van der Waals surface area contributed by atoms with Gasteiger partial charge in [0.2, 0.25) is 10.0 Å². The van der Waals surface area contributed by atoms with Crippen LogP contribution in [0.25, 0.3) is 0 Å². The predicted molar refractivity (Wildman–Crippen MR) is 86.4 cm³/mol. The number of rotatable bonds is 8. The van der Waals surface area contributed by atoms with Crippen LogP contribution < -0.4 is 5.32 Å². The van der Waals surface area contributed by atoms with Crippen LogP contribution in [0.4, 0.5) is 5.82 Å². The van der Waals surface area contributed by atoms with E-state index in [-0.39, 0.29) is 0 Å². The van der Waals surface area contributed by atoms with Gasteiger partial charge in [0.15, 0.2) is 0 Å². The fraction of sp³-hybridized carbons (Fsp3) is 0.692. The van der Waals surface area contributed by atoms with Gasteiger partial charge >= 0.3 is 0 Å². The van der Waals surface area contributed by atoms with Crippen LogP contribution in [0.3, 0.4) is 0 Å². The molecule has 0 saturated heterocycles. The van der Waals surface area contributed by atoms with E-state index < -0.39 is 10.0 Å². The van der Waals surface area contributed by atoms with Gasteiger partial charge in [0.25, 0.3) is 0 Å². The molecule has 0 atom stereocenters. The third-order valence-corrected chi connectivity index (χ3v) is 4.89. The lowest BCUT2D eigenvalue weighted by atomic mass is 10.3. The lowest BCUT2D eigenvalue weighted by Gasteiger charge is -2.18. The van der Waals surface area contributed by atoms with Gasteiger partial charge in [-0.1, -0.05) is 25.4 Å². The Morgan fingerprint density at radius 1 is 1.29 bits per heavy atom. The molecular formula is C13H23ClN4O2S. The zero-order chi connectivity index (χ0) is 16.0. The number of aromatic nitrogens is 2. The topological polar surface area (TPSA) is 75.2 Å². The number of sulfonamides is 1. The summed E-state index contributed by atoms with van der Waals surface area (Å²) in [6.45, 7) is 7.26. The van der Waals surface area contributed by atoms with E-state index in [4.69, 9.17) is 11.6 Å². The highest BCUT2D eigenvalue weighted by Gasteiger charge is 2.13. The maximum atomic E-state index is 11.5. The highest BCUT2D eigenvalue weighted by molar-refractivity contribution is 7.88. The monoisotopic (exact) mass is 334 g/mol. The first-order valence-electron chi connectivity index (χ1n) is 7.01. The molecule has 0 aromatic carbocycles. The third kappa shape index (κ3) is 5.41. The molecule has 0 aliphatic rings. The summed E-state index contributed by atoms with van der Waals surface area (Å²) >= 11 is 6.06. The molecule has 8 heteroatoms. The molecule has 0 amide bonds. The van der Waals surface area contributed by atoms with Gasteiger partial charge in [-0.15, -0.1) is 0 Å². The van der Waals surface area contributed by atoms with E-state index in [0.29, 0.717) is 49.3 Å². The highest BCUT2D eigenvalue weighted by atomic mass is 35.5. The Morgan fingerprint density at radius 2 is 1.95 bits per heavy atom. The minimum absolute atomic E-state index is 0.454. The molecule has 0 unspecified atom stereocenters. The second kappa shape index (κ2) is 7.91. The molecule has 1 aromatic rings. The number of hydrogen-bond acceptors (Lipinski definition) is 5. The number of hydrogen-bond donors (Lipinski definition) is 1. The maximum absolute atomic E-state index is 11.5. The molecule has 0 spiro atoms. The number of halogens is 1. The Hall–Kier alpha value is -0.920. The Balaban J connectivity index is 2.59. The van der Waals surface area contributed by atoms with Crippen LogP contribution in [0.15, 0.2) is 0 Å². The first-order valence-corrected chi connectivity index (χ1v) is 9.24. The molecule has 1 heterocycles. The largest absolute Gasteiger partial charge is 0.370 e. The summed E-state index contributed by atoms with van der Waals surface area (Å²) in [5, 5.41) is 3.66. The van der Waals surface area contributed by atoms with E-state index in [1.54, 1.807) is 0 Å². The quantitative estimate of drug-likeness (QED) is 0.582. The molecule has 1 aromatic heterocycles. The minimum Gasteiger partial charge on any atom is -0.370 e. The van der Waals surface area contributed by atoms with Gasteiger partial charge in [-0.3, -0.25) is 0 Å². The van der Waals surface area contributed by atoms with Crippen molar-refractivity contribution in [3.63, 3.8) is 0 Å². The van der Waals surface area contributed by atoms with Gasteiger partial charge in [0, 0.05) is 31.6 Å². The molecule has 1 rings (SSSR count). The van der Waals surface area contributed by atoms with E-state index in [1.165, 1.54) is 10.6 Å². The van der Waals surface area contributed by atoms with Gasteiger partial charge in [0.1, 0.15) is 16.8 Å². The van der Waals surface area contributed by atoms with Gasteiger partial charge in [-0.05, 0) is 13.3 Å². The zero-order valence-corrected chi connectivity index (χ0v) is 14.6. The summed E-state index contributed by atoms with van der Waals surface area (Å²) in [5.74, 6) is 1.41. The van der Waals surface area contributed by atoms with Crippen LogP contribution in [-0.2, 0) is 16.4 Å². The van der Waals surface area contributed by atoms with Gasteiger partial charge < -0.3 is 5.32 Å². The van der Waals surface area contributed by atoms with Crippen molar-refractivity contribution < 1.29 is 8.42 Å². The molecule has 0 aliphatic heterocycles. The minimum atomic E-state index is -3.13. The summed E-state index contributed by atoms with van der Waals surface area (Å²) in [6.07, 6.45) is 2.64. The van der Waals surface area contributed by atoms with Crippen LogP contribution in [-0.4, -0.2) is 48.6 Å². The molecule has 21 heavy (non-hydrogen) atoms. The second-order valence-corrected chi connectivity index (χ2v) is 7.13. The Labute approximate surface area is 132 Å². The van der Waals surface area contributed by atoms with Crippen LogP contribution in [0.1, 0.15) is 31.7 Å². The lowest BCUT2D eigenvalue weighted by Crippen LogP contribution is -2.31. The van der Waals surface area contributed by atoms with Crippen molar-refractivity contribution in [1.82, 2.24) is 14.3 Å². The first kappa shape index (κ1) is 18.1. The standard InChI is InChI=1S/C13H23ClN4O2S/c1-5-11-16-12(14)10(3)13(17-11)15-8-7-9-18(6-2)21(4,19)20/h5-9H2,1-4H3,(H,15,16,17). The Kier molecular flexibility index (Phi) is 6.83. The zero-order valence-electron chi connectivity index (χ0n) is 13.0. The second-order valence-electron chi connectivity index (χ2n) is 4.79. The third-order valence-electron chi connectivity index (χ3n) is 3.15. The number of nitrogens with one attached hydrogen (secondary N) is 1. The molecule has 0 radical (unpaired) electrons. The van der Waals surface area contributed by atoms with E-state index >= 15 is 0 Å². The van der Waals surface area contributed by atoms with Gasteiger partial charge in [0.05, 0.1) is 6.26 Å². The SMILES string of the molecule is CCc1nc(Cl)c(C)c(NCCCN(CC)S(C)(=O)=O)n1. The van der Waals surface area contributed by atoms with Crippen molar-refractivity contribution in [2.24, 2.45) is 0 Å². The number of aryl methyl sites for hydroxylation is 1. The highest BCUT2D eigenvalue weighted by Crippen LogP contribution is 2.19. The molecule has 120 valence electrons. The fourth-order valence-corrected chi connectivity index (χ4v) is 3.00. The van der Waals surface area contributed by atoms with E-state index in [1.807, 2.05) is 20.8 Å². The van der Waals surface area contributed by atoms with E-state index in [2.05, 4.69) is 15.3 Å². The van der Waals surface area contributed by atoms with Crippen molar-refractivity contribution in [2.75, 3.05) is 31.2 Å². The van der Waals surface area contributed by atoms with Crippen LogP contribution in [0.5, 0.6) is 0 Å². The summed E-state index contributed by atoms with van der Waals surface area (Å²) in [6, 6.07) is 0. The number of nitrogens with zero attached hydrogens (tertiary/aromatic N) is 3. The summed E-state index contributed by atoms with van der Waals surface area (Å²) in [7, 11) is -3.13. The number of anilines is 1. The predicted octanol–water partition coefficient (Wildman–Crippen LogP) is 2.08. The van der Waals surface area contributed by atoms with Crippen molar-refractivity contribution in [1.29, 1.82) is 0 Å². The molecule has 0 saturated carbocycles. The average Bonchev–Trinajstić information content (AvgIpc) is 2.41. The smallest absolute Gasteiger partial charge is 0.211 e. The normalized spacial score (nSPS) is 11.9. The molecule has 0 bridgehead atoms. The summed E-state index contributed by atoms with van der Waals surface area (Å²) in [5.41, 5.74) is 0.810. The van der Waals surface area contributed by atoms with Gasteiger partial charge in [-0.2, -0.15) is 0 Å². The molecule has 1 N–H and O–H groups in total. The van der Waals surface area contributed by atoms with E-state index in [9.17, 15) is 8.42 Å². The molecular weight excluding hydrogens is 312 g/mol. The van der Waals surface area contributed by atoms with Crippen LogP contribution in [0.2, 0.25) is 5.15 Å². The Bertz CT molecular complexity index is 578. The van der Waals surface area contributed by atoms with Gasteiger partial charge in [-0.25, -0.2) is 22.7 Å². The lowest BCUT2D eigenvalue weighted by molar-refractivity contribution is 0.428. The van der Waals surface area contributed by atoms with Crippen molar-refractivity contribution in [3.8, 4) is 0 Å². The maximum Gasteiger partial charge on any atom is 0.211 e. The van der Waals surface area contributed by atoms with Crippen LogP contribution >= 0.6 is 11.6 Å². The summed E-state index contributed by atoms with van der Waals surface area (Å²) < 4.78 is 24.4. The average molecular weight is 335 g/mol. The first-order chi connectivity index (χ1) is 9.79.